The lowest BCUT2D eigenvalue weighted by Crippen LogP contribution is -2.34. The number of ether oxygens (including phenoxy) is 2. The van der Waals surface area contributed by atoms with Crippen molar-refractivity contribution in [2.45, 2.75) is 66.4 Å². The van der Waals surface area contributed by atoms with Gasteiger partial charge < -0.3 is 14.8 Å². The lowest BCUT2D eigenvalue weighted by atomic mass is 9.73. The molecule has 35 heavy (non-hydrogen) atoms. The molecular weight excluding hydrogens is 462 g/mol. The number of allylic oxidation sites excluding steroid dienone is 3. The number of halogens is 1. The molecule has 0 aromatic heterocycles. The molecule has 4 rings (SSSR count). The van der Waals surface area contributed by atoms with Crippen molar-refractivity contribution in [3.63, 3.8) is 0 Å². The molecule has 2 aromatic rings. The number of aryl methyl sites for hydroxylation is 2. The van der Waals surface area contributed by atoms with Gasteiger partial charge in [-0.1, -0.05) is 29.3 Å². The SMILES string of the molecule is CCOC(=O)C1=C(C)NC2=C(C(=O)CCC2)[C@@H]1c1cc(C)cc(COc2ccc(Cl)cc2C)c1C. The predicted molar refractivity (Wildman–Crippen MR) is 138 cm³/mol. The number of hydrogen-bond acceptors (Lipinski definition) is 5. The molecule has 184 valence electrons. The van der Waals surface area contributed by atoms with Gasteiger partial charge in [-0.2, -0.15) is 0 Å². The molecule has 0 saturated heterocycles. The Bertz CT molecular complexity index is 1260. The van der Waals surface area contributed by atoms with E-state index in [2.05, 4.69) is 17.4 Å². The van der Waals surface area contributed by atoms with Crippen molar-refractivity contribution in [3.8, 4) is 5.75 Å². The Morgan fingerprint density at radius 2 is 1.89 bits per heavy atom. The minimum absolute atomic E-state index is 0.0912. The van der Waals surface area contributed by atoms with Gasteiger partial charge in [0.25, 0.3) is 0 Å². The smallest absolute Gasteiger partial charge is 0.336 e. The molecule has 1 aliphatic heterocycles. The summed E-state index contributed by atoms with van der Waals surface area (Å²) >= 11 is 6.09. The number of ketones is 1. The van der Waals surface area contributed by atoms with Gasteiger partial charge in [0, 0.05) is 34.3 Å². The van der Waals surface area contributed by atoms with Crippen molar-refractivity contribution in [1.82, 2.24) is 5.32 Å². The molecule has 1 heterocycles. The third kappa shape index (κ3) is 5.01. The second-order valence-corrected chi connectivity index (χ2v) is 9.76. The van der Waals surface area contributed by atoms with Crippen LogP contribution in [0.2, 0.25) is 5.02 Å². The fraction of sp³-hybridized carbons (Fsp3) is 0.379. The van der Waals surface area contributed by atoms with Crippen molar-refractivity contribution in [2.75, 3.05) is 6.61 Å². The Labute approximate surface area is 212 Å². The summed E-state index contributed by atoms with van der Waals surface area (Å²) < 4.78 is 11.6. The number of rotatable bonds is 6. The molecule has 0 bridgehead atoms. The molecule has 0 spiro atoms. The second-order valence-electron chi connectivity index (χ2n) is 9.32. The maximum atomic E-state index is 13.2. The Kier molecular flexibility index (Phi) is 7.36. The lowest BCUT2D eigenvalue weighted by molar-refractivity contribution is -0.138. The Hall–Kier alpha value is -3.05. The van der Waals surface area contributed by atoms with Crippen LogP contribution in [-0.4, -0.2) is 18.4 Å². The average molecular weight is 494 g/mol. The number of Topliss-reactive ketones (excluding diaryl/α,β-unsaturated/α-hetero) is 1. The van der Waals surface area contributed by atoms with E-state index < -0.39 is 5.92 Å². The van der Waals surface area contributed by atoms with Crippen molar-refractivity contribution in [2.24, 2.45) is 0 Å². The van der Waals surface area contributed by atoms with Gasteiger partial charge in [-0.25, -0.2) is 4.79 Å². The van der Waals surface area contributed by atoms with E-state index in [1.165, 1.54) is 0 Å². The number of hydrogen-bond donors (Lipinski definition) is 1. The first-order valence-corrected chi connectivity index (χ1v) is 12.5. The van der Waals surface area contributed by atoms with Gasteiger partial charge in [-0.15, -0.1) is 0 Å². The zero-order valence-electron chi connectivity index (χ0n) is 21.0. The van der Waals surface area contributed by atoms with Crippen molar-refractivity contribution in [1.29, 1.82) is 0 Å². The van der Waals surface area contributed by atoms with Gasteiger partial charge in [0.15, 0.2) is 5.78 Å². The van der Waals surface area contributed by atoms with Crippen LogP contribution in [-0.2, 0) is 20.9 Å². The summed E-state index contributed by atoms with van der Waals surface area (Å²) in [5.74, 6) is 0.0135. The Morgan fingerprint density at radius 3 is 2.60 bits per heavy atom. The summed E-state index contributed by atoms with van der Waals surface area (Å²) in [7, 11) is 0. The standard InChI is InChI=1S/C29H32ClNO4/c1-6-34-29(33)26-19(5)31-23-8-7-9-24(32)28(23)27(26)22-13-16(2)12-20(18(22)4)15-35-25-11-10-21(30)14-17(25)3/h10-14,27,31H,6-9,15H2,1-5H3/t27-/m1/s1. The monoisotopic (exact) mass is 493 g/mol. The lowest BCUT2D eigenvalue weighted by Gasteiger charge is -2.35. The number of esters is 1. The summed E-state index contributed by atoms with van der Waals surface area (Å²) in [6.45, 7) is 10.4. The maximum absolute atomic E-state index is 13.2. The highest BCUT2D eigenvalue weighted by Gasteiger charge is 2.40. The van der Waals surface area contributed by atoms with Crippen LogP contribution < -0.4 is 10.1 Å². The largest absolute Gasteiger partial charge is 0.489 e. The number of carbonyl (C=O) groups is 2. The maximum Gasteiger partial charge on any atom is 0.336 e. The second kappa shape index (κ2) is 10.3. The molecule has 1 atom stereocenters. The number of nitrogens with one attached hydrogen (secondary N) is 1. The normalized spacial score (nSPS) is 17.8. The van der Waals surface area contributed by atoms with Gasteiger partial charge in [0.2, 0.25) is 0 Å². The molecule has 6 heteroatoms. The van der Waals surface area contributed by atoms with Gasteiger partial charge in [-0.05, 0) is 87.9 Å². The van der Waals surface area contributed by atoms with E-state index in [0.717, 1.165) is 57.8 Å². The van der Waals surface area contributed by atoms with Gasteiger partial charge in [-0.3, -0.25) is 4.79 Å². The summed E-state index contributed by atoms with van der Waals surface area (Å²) in [6, 6.07) is 9.75. The first-order chi connectivity index (χ1) is 16.7. The zero-order valence-corrected chi connectivity index (χ0v) is 21.8. The summed E-state index contributed by atoms with van der Waals surface area (Å²) in [4.78, 5) is 26.3. The van der Waals surface area contributed by atoms with Crippen LogP contribution in [0.25, 0.3) is 0 Å². The number of dihydropyridines is 1. The van der Waals surface area contributed by atoms with Gasteiger partial charge in [0.1, 0.15) is 12.4 Å². The first-order valence-electron chi connectivity index (χ1n) is 12.1. The first kappa shape index (κ1) is 25.1. The highest BCUT2D eigenvalue weighted by atomic mass is 35.5. The molecule has 0 saturated carbocycles. The molecule has 0 unspecified atom stereocenters. The number of carbonyl (C=O) groups excluding carboxylic acids is 2. The molecule has 2 aromatic carbocycles. The third-order valence-corrected chi connectivity index (χ3v) is 7.04. The molecule has 2 aliphatic rings. The third-order valence-electron chi connectivity index (χ3n) is 6.80. The van der Waals surface area contributed by atoms with E-state index in [-0.39, 0.29) is 18.4 Å². The van der Waals surface area contributed by atoms with E-state index in [1.54, 1.807) is 6.92 Å². The minimum Gasteiger partial charge on any atom is -0.489 e. The van der Waals surface area contributed by atoms with Gasteiger partial charge >= 0.3 is 5.97 Å². The van der Waals surface area contributed by atoms with Crippen LogP contribution in [0.4, 0.5) is 0 Å². The van der Waals surface area contributed by atoms with Gasteiger partial charge in [0.05, 0.1) is 12.2 Å². The van der Waals surface area contributed by atoms with E-state index in [0.29, 0.717) is 29.2 Å². The predicted octanol–water partition coefficient (Wildman–Crippen LogP) is 6.38. The molecule has 0 radical (unpaired) electrons. The van der Waals surface area contributed by atoms with Crippen LogP contribution >= 0.6 is 11.6 Å². The van der Waals surface area contributed by atoms with Crippen LogP contribution in [0.15, 0.2) is 52.9 Å². The van der Waals surface area contributed by atoms with E-state index in [4.69, 9.17) is 21.1 Å². The highest BCUT2D eigenvalue weighted by molar-refractivity contribution is 6.30. The average Bonchev–Trinajstić information content (AvgIpc) is 2.79. The van der Waals surface area contributed by atoms with Crippen LogP contribution in [0, 0.1) is 20.8 Å². The molecule has 0 fully saturated rings. The van der Waals surface area contributed by atoms with E-state index >= 15 is 0 Å². The summed E-state index contributed by atoms with van der Waals surface area (Å²) in [5, 5.41) is 4.02. The fourth-order valence-corrected chi connectivity index (χ4v) is 5.34. The summed E-state index contributed by atoms with van der Waals surface area (Å²) in [5.41, 5.74) is 7.85. The topological polar surface area (TPSA) is 64.6 Å². The van der Waals surface area contributed by atoms with Crippen LogP contribution in [0.3, 0.4) is 0 Å². The Balaban J connectivity index is 1.80. The number of benzene rings is 2. The van der Waals surface area contributed by atoms with Crippen molar-refractivity contribution in [3.05, 3.63) is 85.7 Å². The molecule has 5 nitrogen and oxygen atoms in total. The quantitative estimate of drug-likeness (QED) is 0.473. The molecule has 1 N–H and O–H groups in total. The van der Waals surface area contributed by atoms with Crippen LogP contribution in [0.1, 0.15) is 66.8 Å². The fourth-order valence-electron chi connectivity index (χ4n) is 5.12. The summed E-state index contributed by atoms with van der Waals surface area (Å²) in [6.07, 6.45) is 2.09. The molecule has 0 amide bonds. The molecule has 1 aliphatic carbocycles. The van der Waals surface area contributed by atoms with E-state index in [9.17, 15) is 9.59 Å². The van der Waals surface area contributed by atoms with E-state index in [1.807, 2.05) is 45.9 Å². The zero-order chi connectivity index (χ0) is 25.3. The highest BCUT2D eigenvalue weighted by Crippen LogP contribution is 2.44. The van der Waals surface area contributed by atoms with Crippen molar-refractivity contribution < 1.29 is 19.1 Å². The Morgan fingerprint density at radius 1 is 1.11 bits per heavy atom. The van der Waals surface area contributed by atoms with Crippen molar-refractivity contribution >= 4 is 23.4 Å². The minimum atomic E-state index is -0.464. The van der Waals surface area contributed by atoms with Crippen LogP contribution in [0.5, 0.6) is 5.75 Å². The molecular formula is C29H32ClNO4.